The van der Waals surface area contributed by atoms with Crippen LogP contribution in [-0.2, 0) is 0 Å². The Morgan fingerprint density at radius 2 is 1.93 bits per heavy atom. The van der Waals surface area contributed by atoms with Gasteiger partial charge in [0, 0.05) is 19.2 Å². The standard InChI is InChI=1S/C10H10ClFN2/c11-7-5-9(13)10(6-8(7)12)14-3-1-2-4-14/h1-2,5-6H,3-4,13H2. The molecule has 0 fully saturated rings. The fourth-order valence-electron chi connectivity index (χ4n) is 1.50. The zero-order valence-corrected chi connectivity index (χ0v) is 8.26. The SMILES string of the molecule is Nc1cc(Cl)c(F)cc1N1CC=CC1. The van der Waals surface area contributed by atoms with E-state index in [0.717, 1.165) is 13.1 Å². The third-order valence-electron chi connectivity index (χ3n) is 2.23. The van der Waals surface area contributed by atoms with Crippen molar-refractivity contribution >= 4 is 23.0 Å². The van der Waals surface area contributed by atoms with Crippen LogP contribution in [0.2, 0.25) is 5.02 Å². The summed E-state index contributed by atoms with van der Waals surface area (Å²) in [6.45, 7) is 1.54. The predicted molar refractivity (Wildman–Crippen MR) is 57.2 cm³/mol. The van der Waals surface area contributed by atoms with Crippen LogP contribution in [-0.4, -0.2) is 13.1 Å². The lowest BCUT2D eigenvalue weighted by Gasteiger charge is -2.19. The first-order valence-corrected chi connectivity index (χ1v) is 4.71. The van der Waals surface area contributed by atoms with Gasteiger partial charge in [0.05, 0.1) is 16.4 Å². The van der Waals surface area contributed by atoms with E-state index in [1.165, 1.54) is 12.1 Å². The second kappa shape index (κ2) is 3.50. The maximum absolute atomic E-state index is 13.2. The molecular formula is C10H10ClFN2. The van der Waals surface area contributed by atoms with E-state index >= 15 is 0 Å². The molecule has 0 atom stereocenters. The van der Waals surface area contributed by atoms with Gasteiger partial charge in [0.25, 0.3) is 0 Å². The molecule has 0 saturated carbocycles. The molecule has 0 spiro atoms. The normalized spacial score (nSPS) is 15.1. The van der Waals surface area contributed by atoms with Gasteiger partial charge in [-0.2, -0.15) is 0 Å². The largest absolute Gasteiger partial charge is 0.397 e. The average Bonchev–Trinajstić information content (AvgIpc) is 2.64. The zero-order valence-electron chi connectivity index (χ0n) is 7.50. The predicted octanol–water partition coefficient (Wildman–Crippen LogP) is 2.44. The summed E-state index contributed by atoms with van der Waals surface area (Å²) in [5.41, 5.74) is 6.97. The van der Waals surface area contributed by atoms with Gasteiger partial charge >= 0.3 is 0 Å². The van der Waals surface area contributed by atoms with E-state index in [1.54, 1.807) is 0 Å². The van der Waals surface area contributed by atoms with Gasteiger partial charge in [0.2, 0.25) is 0 Å². The Morgan fingerprint density at radius 1 is 1.29 bits per heavy atom. The van der Waals surface area contributed by atoms with Crippen molar-refractivity contribution in [2.75, 3.05) is 23.7 Å². The molecule has 2 N–H and O–H groups in total. The zero-order chi connectivity index (χ0) is 10.1. The number of anilines is 2. The van der Waals surface area contributed by atoms with Gasteiger partial charge in [-0.05, 0) is 6.07 Å². The van der Waals surface area contributed by atoms with Crippen LogP contribution in [0, 0.1) is 5.82 Å². The highest BCUT2D eigenvalue weighted by molar-refractivity contribution is 6.31. The van der Waals surface area contributed by atoms with Crippen LogP contribution in [0.1, 0.15) is 0 Å². The molecule has 1 aliphatic heterocycles. The van der Waals surface area contributed by atoms with Crippen molar-refractivity contribution in [2.24, 2.45) is 0 Å². The smallest absolute Gasteiger partial charge is 0.144 e. The van der Waals surface area contributed by atoms with Crippen LogP contribution in [0.15, 0.2) is 24.3 Å². The maximum Gasteiger partial charge on any atom is 0.144 e. The third kappa shape index (κ3) is 1.55. The van der Waals surface area contributed by atoms with Gasteiger partial charge in [-0.3, -0.25) is 0 Å². The minimum atomic E-state index is -0.428. The highest BCUT2D eigenvalue weighted by atomic mass is 35.5. The van der Waals surface area contributed by atoms with E-state index in [-0.39, 0.29) is 5.02 Å². The van der Waals surface area contributed by atoms with E-state index in [2.05, 4.69) is 0 Å². The van der Waals surface area contributed by atoms with Gasteiger partial charge in [0.15, 0.2) is 0 Å². The molecule has 74 valence electrons. The Hall–Kier alpha value is -1.22. The first kappa shape index (κ1) is 9.34. The van der Waals surface area contributed by atoms with Crippen molar-refractivity contribution in [2.45, 2.75) is 0 Å². The molecule has 0 aliphatic carbocycles. The van der Waals surface area contributed by atoms with Crippen molar-refractivity contribution in [3.8, 4) is 0 Å². The monoisotopic (exact) mass is 212 g/mol. The number of hydrogen-bond acceptors (Lipinski definition) is 2. The molecular weight excluding hydrogens is 203 g/mol. The Morgan fingerprint density at radius 3 is 2.57 bits per heavy atom. The van der Waals surface area contributed by atoms with E-state index < -0.39 is 5.82 Å². The minimum Gasteiger partial charge on any atom is -0.397 e. The molecule has 14 heavy (non-hydrogen) atoms. The molecule has 2 nitrogen and oxygen atoms in total. The van der Waals surface area contributed by atoms with Crippen LogP contribution in [0.25, 0.3) is 0 Å². The van der Waals surface area contributed by atoms with E-state index in [9.17, 15) is 4.39 Å². The van der Waals surface area contributed by atoms with Crippen LogP contribution in [0.3, 0.4) is 0 Å². The second-order valence-electron chi connectivity index (χ2n) is 3.20. The highest BCUT2D eigenvalue weighted by Gasteiger charge is 2.13. The maximum atomic E-state index is 13.2. The van der Waals surface area contributed by atoms with Gasteiger partial charge in [-0.25, -0.2) is 4.39 Å². The highest BCUT2D eigenvalue weighted by Crippen LogP contribution is 2.29. The van der Waals surface area contributed by atoms with Crippen LogP contribution in [0.4, 0.5) is 15.8 Å². The number of nitrogen functional groups attached to an aromatic ring is 1. The van der Waals surface area contributed by atoms with Crippen LogP contribution in [0.5, 0.6) is 0 Å². The van der Waals surface area contributed by atoms with Crippen molar-refractivity contribution < 1.29 is 4.39 Å². The summed E-state index contributed by atoms with van der Waals surface area (Å²) >= 11 is 5.60. The minimum absolute atomic E-state index is 0.0680. The molecule has 1 aliphatic rings. The molecule has 0 saturated heterocycles. The van der Waals surface area contributed by atoms with E-state index in [1.807, 2.05) is 17.1 Å². The molecule has 2 rings (SSSR count). The van der Waals surface area contributed by atoms with Gasteiger partial charge in [-0.15, -0.1) is 0 Å². The molecule has 1 aromatic rings. The summed E-state index contributed by atoms with van der Waals surface area (Å²) in [5, 5.41) is 0.0680. The van der Waals surface area contributed by atoms with Gasteiger partial charge in [-0.1, -0.05) is 23.8 Å². The molecule has 0 radical (unpaired) electrons. The fraction of sp³-hybridized carbons (Fsp3) is 0.200. The summed E-state index contributed by atoms with van der Waals surface area (Å²) in [4.78, 5) is 1.98. The molecule has 1 aromatic carbocycles. The molecule has 0 unspecified atom stereocenters. The topological polar surface area (TPSA) is 29.3 Å². The van der Waals surface area contributed by atoms with Crippen molar-refractivity contribution in [1.82, 2.24) is 0 Å². The lowest BCUT2D eigenvalue weighted by Crippen LogP contribution is -2.20. The number of rotatable bonds is 1. The Kier molecular flexibility index (Phi) is 2.33. The van der Waals surface area contributed by atoms with Crippen LogP contribution >= 0.6 is 11.6 Å². The summed E-state index contributed by atoms with van der Waals surface area (Å²) in [6.07, 6.45) is 4.04. The number of nitrogens with two attached hydrogens (primary N) is 1. The molecule has 0 amide bonds. The number of hydrogen-bond donors (Lipinski definition) is 1. The average molecular weight is 213 g/mol. The fourth-order valence-corrected chi connectivity index (χ4v) is 1.67. The third-order valence-corrected chi connectivity index (χ3v) is 2.52. The molecule has 1 heterocycles. The quantitative estimate of drug-likeness (QED) is 0.572. The molecule has 0 aromatic heterocycles. The first-order chi connectivity index (χ1) is 6.68. The summed E-state index contributed by atoms with van der Waals surface area (Å²) < 4.78 is 13.2. The number of halogens is 2. The molecule has 4 heteroatoms. The Balaban J connectivity index is 2.38. The summed E-state index contributed by atoms with van der Waals surface area (Å²) in [6, 6.07) is 2.83. The second-order valence-corrected chi connectivity index (χ2v) is 3.61. The summed E-state index contributed by atoms with van der Waals surface area (Å²) in [5.74, 6) is -0.428. The van der Waals surface area contributed by atoms with Gasteiger partial charge < -0.3 is 10.6 Å². The Bertz CT molecular complexity index is 382. The lowest BCUT2D eigenvalue weighted by molar-refractivity contribution is 0.628. The van der Waals surface area contributed by atoms with Crippen molar-refractivity contribution in [1.29, 1.82) is 0 Å². The number of nitrogens with zero attached hydrogens (tertiary/aromatic N) is 1. The van der Waals surface area contributed by atoms with Gasteiger partial charge in [0.1, 0.15) is 5.82 Å². The number of benzene rings is 1. The van der Waals surface area contributed by atoms with E-state index in [4.69, 9.17) is 17.3 Å². The lowest BCUT2D eigenvalue weighted by atomic mass is 10.2. The molecule has 0 bridgehead atoms. The van der Waals surface area contributed by atoms with E-state index in [0.29, 0.717) is 11.4 Å². The van der Waals surface area contributed by atoms with Crippen molar-refractivity contribution in [3.05, 3.63) is 35.1 Å². The first-order valence-electron chi connectivity index (χ1n) is 4.33. The van der Waals surface area contributed by atoms with Crippen molar-refractivity contribution in [3.63, 3.8) is 0 Å². The Labute approximate surface area is 86.8 Å². The van der Waals surface area contributed by atoms with Crippen LogP contribution < -0.4 is 10.6 Å². The summed E-state index contributed by atoms with van der Waals surface area (Å²) in [7, 11) is 0.